The fourth-order valence-corrected chi connectivity index (χ4v) is 8.08. The van der Waals surface area contributed by atoms with E-state index in [9.17, 15) is 19.8 Å². The van der Waals surface area contributed by atoms with Crippen molar-refractivity contribution in [2.45, 2.75) is 154 Å². The highest BCUT2D eigenvalue weighted by molar-refractivity contribution is 7.47. The van der Waals surface area contributed by atoms with Gasteiger partial charge in [0.15, 0.2) is 5.82 Å². The Morgan fingerprint density at radius 1 is 0.982 bits per heavy atom. The van der Waals surface area contributed by atoms with Gasteiger partial charge in [0.1, 0.15) is 35.9 Å². The van der Waals surface area contributed by atoms with Gasteiger partial charge in [-0.25, -0.2) is 14.1 Å². The van der Waals surface area contributed by atoms with Gasteiger partial charge in [-0.05, 0) is 43.2 Å². The highest BCUT2D eigenvalue weighted by atomic mass is 31.2. The SMILES string of the molecule is CCCCCCCCCCCCCCCCCCOC[C@H](COP(=O)(O)OC[C@]1(C)C[C@@H](O)[C@H](c2ccc3c(N)ncnn23)O1)OCc1ccc(OC)c(C#N)c1. The van der Waals surface area contributed by atoms with E-state index in [1.807, 2.05) is 0 Å². The molecule has 0 saturated carbocycles. The van der Waals surface area contributed by atoms with Crippen LogP contribution >= 0.6 is 7.82 Å². The molecule has 57 heavy (non-hydrogen) atoms. The Hall–Kier alpha value is -3.12. The molecule has 4 N–H and O–H groups in total. The van der Waals surface area contributed by atoms with Crippen molar-refractivity contribution in [2.24, 2.45) is 0 Å². The van der Waals surface area contributed by atoms with Crippen LogP contribution in [0.15, 0.2) is 36.7 Å². The summed E-state index contributed by atoms with van der Waals surface area (Å²) in [5.41, 5.74) is 7.10. The Morgan fingerprint density at radius 2 is 1.63 bits per heavy atom. The van der Waals surface area contributed by atoms with Gasteiger partial charge >= 0.3 is 7.82 Å². The first-order chi connectivity index (χ1) is 27.6. The van der Waals surface area contributed by atoms with Crippen LogP contribution in [0, 0.1) is 11.3 Å². The van der Waals surface area contributed by atoms with Gasteiger partial charge < -0.3 is 34.7 Å². The molecule has 1 aliphatic rings. The number of nitrogens with two attached hydrogens (primary N) is 1. The standard InChI is InChI=1S/C42H66N5O9P/c1-4-5-6-7-8-9-10-11-12-13-14-15-16-17-18-19-24-52-29-35(53-28-33-20-23-39(51-3)34(25-33)27-43)30-54-57(49,50)55-31-42(2)26-38(48)40(56-42)36-21-22-37-41(44)45-32-46-47(36)37/h20-23,25,32,35,38,40,48H,4-19,24,26,28-31H2,1-3H3,(H,49,50)(H2,44,45,46)/t35-,38-,40+,42+/m1/s1. The normalized spacial score (nSPS) is 19.8. The molecular formula is C42H66N5O9P. The minimum atomic E-state index is -4.58. The summed E-state index contributed by atoms with van der Waals surface area (Å²) in [5, 5.41) is 24.6. The van der Waals surface area contributed by atoms with Crippen LogP contribution in [-0.2, 0) is 34.4 Å². The van der Waals surface area contributed by atoms with E-state index >= 15 is 0 Å². The van der Waals surface area contributed by atoms with Gasteiger partial charge in [0.2, 0.25) is 0 Å². The third-order valence-electron chi connectivity index (χ3n) is 10.5. The molecule has 1 aliphatic heterocycles. The molecule has 0 radical (unpaired) electrons. The molecule has 1 unspecified atom stereocenters. The number of hydrogen-bond acceptors (Lipinski definition) is 12. The predicted molar refractivity (Wildman–Crippen MR) is 219 cm³/mol. The lowest BCUT2D eigenvalue weighted by molar-refractivity contribution is -0.0765. The molecule has 1 aromatic carbocycles. The Morgan fingerprint density at radius 3 is 2.26 bits per heavy atom. The van der Waals surface area contributed by atoms with E-state index in [4.69, 9.17) is 33.7 Å². The fraction of sp³-hybridized carbons (Fsp3) is 0.690. The van der Waals surface area contributed by atoms with E-state index < -0.39 is 31.7 Å². The number of aliphatic hydroxyl groups excluding tert-OH is 1. The van der Waals surface area contributed by atoms with Crippen molar-refractivity contribution in [1.82, 2.24) is 14.6 Å². The molecule has 318 valence electrons. The molecule has 1 saturated heterocycles. The number of nitriles is 1. The van der Waals surface area contributed by atoms with Crippen LogP contribution in [0.3, 0.4) is 0 Å². The Kier molecular flexibility index (Phi) is 20.2. The molecule has 3 heterocycles. The van der Waals surface area contributed by atoms with Gasteiger partial charge in [0.05, 0.1) is 56.5 Å². The molecule has 0 amide bonds. The maximum atomic E-state index is 13.1. The molecule has 0 aliphatic carbocycles. The number of nitrogen functional groups attached to an aromatic ring is 1. The first-order valence-corrected chi connectivity index (χ1v) is 22.4. The van der Waals surface area contributed by atoms with Gasteiger partial charge in [-0.15, -0.1) is 0 Å². The Balaban J connectivity index is 1.18. The lowest BCUT2D eigenvalue weighted by Gasteiger charge is -2.26. The van der Waals surface area contributed by atoms with E-state index in [-0.39, 0.29) is 38.7 Å². The third kappa shape index (κ3) is 15.9. The van der Waals surface area contributed by atoms with Crippen LogP contribution in [0.1, 0.15) is 146 Å². The first-order valence-electron chi connectivity index (χ1n) is 20.9. The van der Waals surface area contributed by atoms with Crippen LogP contribution in [0.25, 0.3) is 5.52 Å². The number of methoxy groups -OCH3 is 1. The maximum absolute atomic E-state index is 13.1. The second-order valence-corrected chi connectivity index (χ2v) is 16.9. The second-order valence-electron chi connectivity index (χ2n) is 15.5. The highest BCUT2D eigenvalue weighted by Crippen LogP contribution is 2.47. The molecule has 14 nitrogen and oxygen atoms in total. The van der Waals surface area contributed by atoms with Crippen molar-refractivity contribution in [3.63, 3.8) is 0 Å². The largest absolute Gasteiger partial charge is 0.495 e. The van der Waals surface area contributed by atoms with Crippen LogP contribution in [0.2, 0.25) is 0 Å². The van der Waals surface area contributed by atoms with Crippen molar-refractivity contribution in [3.05, 3.63) is 53.5 Å². The average molecular weight is 816 g/mol. The molecule has 0 bridgehead atoms. The number of anilines is 1. The summed E-state index contributed by atoms with van der Waals surface area (Å²) in [5.74, 6) is 0.748. The highest BCUT2D eigenvalue weighted by Gasteiger charge is 2.46. The smallest absolute Gasteiger partial charge is 0.472 e. The minimum absolute atomic E-state index is 0.113. The zero-order chi connectivity index (χ0) is 40.9. The number of nitrogens with zero attached hydrogens (tertiary/aromatic N) is 4. The minimum Gasteiger partial charge on any atom is -0.495 e. The quantitative estimate of drug-likeness (QED) is 0.0428. The number of benzene rings is 1. The number of hydrogen-bond donors (Lipinski definition) is 3. The number of aromatic nitrogens is 3. The fourth-order valence-electron chi connectivity index (χ4n) is 7.21. The van der Waals surface area contributed by atoms with Crippen molar-refractivity contribution in [2.75, 3.05) is 39.3 Å². The van der Waals surface area contributed by atoms with Crippen LogP contribution in [0.4, 0.5) is 5.82 Å². The summed E-state index contributed by atoms with van der Waals surface area (Å²) in [4.78, 5) is 14.7. The van der Waals surface area contributed by atoms with Crippen molar-refractivity contribution < 1.29 is 42.6 Å². The van der Waals surface area contributed by atoms with E-state index in [1.54, 1.807) is 41.8 Å². The number of aliphatic hydroxyl groups is 1. The van der Waals surface area contributed by atoms with E-state index in [1.165, 1.54) is 103 Å². The third-order valence-corrected chi connectivity index (χ3v) is 11.4. The van der Waals surface area contributed by atoms with Crippen molar-refractivity contribution >= 4 is 19.2 Å². The van der Waals surface area contributed by atoms with Gasteiger partial charge in [-0.3, -0.25) is 9.05 Å². The number of phosphoric ester groups is 1. The maximum Gasteiger partial charge on any atom is 0.472 e. The molecule has 4 rings (SSSR count). The zero-order valence-electron chi connectivity index (χ0n) is 34.3. The molecule has 0 spiro atoms. The predicted octanol–water partition coefficient (Wildman–Crippen LogP) is 8.77. The molecule has 2 aromatic heterocycles. The van der Waals surface area contributed by atoms with E-state index in [0.29, 0.717) is 29.1 Å². The monoisotopic (exact) mass is 815 g/mol. The molecule has 15 heteroatoms. The number of phosphoric acid groups is 1. The van der Waals surface area contributed by atoms with E-state index in [0.717, 1.165) is 18.4 Å². The number of ether oxygens (including phenoxy) is 4. The number of fused-ring (bicyclic) bond motifs is 1. The summed E-state index contributed by atoms with van der Waals surface area (Å²) < 4.78 is 48.9. The molecule has 5 atom stereocenters. The summed E-state index contributed by atoms with van der Waals surface area (Å²) in [6.45, 7) is 4.13. The summed E-state index contributed by atoms with van der Waals surface area (Å²) in [7, 11) is -3.08. The number of unbranched alkanes of at least 4 members (excludes halogenated alkanes) is 15. The molecular weight excluding hydrogens is 749 g/mol. The molecule has 3 aromatic rings. The lowest BCUT2D eigenvalue weighted by atomic mass is 10.0. The van der Waals surface area contributed by atoms with Crippen LogP contribution < -0.4 is 10.5 Å². The topological polar surface area (TPSA) is 193 Å². The second kappa shape index (κ2) is 24.7. The summed E-state index contributed by atoms with van der Waals surface area (Å²) in [6, 6.07) is 10.8. The Labute approximate surface area is 339 Å². The Bertz CT molecular complexity index is 1700. The van der Waals surface area contributed by atoms with Crippen molar-refractivity contribution in [1.29, 1.82) is 5.26 Å². The summed E-state index contributed by atoms with van der Waals surface area (Å²) >= 11 is 0. The van der Waals surface area contributed by atoms with Gasteiger partial charge in [-0.2, -0.15) is 10.4 Å². The summed E-state index contributed by atoms with van der Waals surface area (Å²) in [6.07, 6.45) is 19.7. The van der Waals surface area contributed by atoms with Crippen LogP contribution in [0.5, 0.6) is 5.75 Å². The zero-order valence-corrected chi connectivity index (χ0v) is 35.2. The number of rotatable bonds is 30. The van der Waals surface area contributed by atoms with Gasteiger partial charge in [-0.1, -0.05) is 109 Å². The average Bonchev–Trinajstić information content (AvgIpc) is 3.77. The lowest BCUT2D eigenvalue weighted by Crippen LogP contribution is -2.31. The van der Waals surface area contributed by atoms with Crippen molar-refractivity contribution in [3.8, 4) is 11.8 Å². The van der Waals surface area contributed by atoms with Gasteiger partial charge in [0.25, 0.3) is 0 Å². The first kappa shape index (κ1) is 46.6. The van der Waals surface area contributed by atoms with Gasteiger partial charge in [0, 0.05) is 13.0 Å². The van der Waals surface area contributed by atoms with Crippen LogP contribution in [-0.4, -0.2) is 75.9 Å². The molecule has 1 fully saturated rings. The van der Waals surface area contributed by atoms with E-state index in [2.05, 4.69) is 23.1 Å².